The Labute approximate surface area is 157 Å². The van der Waals surface area contributed by atoms with Crippen molar-refractivity contribution in [3.8, 4) is 0 Å². The van der Waals surface area contributed by atoms with Crippen molar-refractivity contribution in [2.75, 3.05) is 25.6 Å². The van der Waals surface area contributed by atoms with Gasteiger partial charge in [-0.25, -0.2) is 0 Å². The fourth-order valence-corrected chi connectivity index (χ4v) is 2.24. The molecule has 0 aliphatic carbocycles. The summed E-state index contributed by atoms with van der Waals surface area (Å²) < 4.78 is 4.93. The van der Waals surface area contributed by atoms with Crippen LogP contribution in [0.15, 0.2) is 48.7 Å². The fraction of sp³-hybridized carbons (Fsp3) is 0.263. The van der Waals surface area contributed by atoms with Crippen LogP contribution >= 0.6 is 0 Å². The lowest BCUT2D eigenvalue weighted by Crippen LogP contribution is -2.36. The van der Waals surface area contributed by atoms with Gasteiger partial charge >= 0.3 is 11.8 Å². The van der Waals surface area contributed by atoms with E-state index in [0.29, 0.717) is 25.3 Å². The number of pyridine rings is 1. The Morgan fingerprint density at radius 2 is 1.78 bits per heavy atom. The van der Waals surface area contributed by atoms with Gasteiger partial charge in [0, 0.05) is 26.5 Å². The maximum atomic E-state index is 12.3. The molecule has 1 heterocycles. The van der Waals surface area contributed by atoms with Crippen LogP contribution in [-0.4, -0.2) is 43.0 Å². The third-order valence-electron chi connectivity index (χ3n) is 3.59. The topological polar surface area (TPSA) is 109 Å². The minimum atomic E-state index is -0.856. The van der Waals surface area contributed by atoms with Gasteiger partial charge in [-0.1, -0.05) is 18.2 Å². The molecule has 0 fully saturated rings. The van der Waals surface area contributed by atoms with Crippen LogP contribution in [0.5, 0.6) is 0 Å². The number of hydrogen-bond acceptors (Lipinski definition) is 5. The molecule has 3 N–H and O–H groups in total. The first-order valence-electron chi connectivity index (χ1n) is 8.47. The van der Waals surface area contributed by atoms with E-state index >= 15 is 0 Å². The normalized spacial score (nSPS) is 10.1. The number of carbonyl (C=O) groups excluding carboxylic acids is 3. The molecule has 0 saturated carbocycles. The van der Waals surface area contributed by atoms with Crippen LogP contribution in [0.4, 0.5) is 5.69 Å². The zero-order chi connectivity index (χ0) is 19.5. The Kier molecular flexibility index (Phi) is 7.92. The van der Waals surface area contributed by atoms with Gasteiger partial charge in [0.05, 0.1) is 23.5 Å². The lowest BCUT2D eigenvalue weighted by atomic mass is 10.1. The second-order valence-corrected chi connectivity index (χ2v) is 5.61. The van der Waals surface area contributed by atoms with Gasteiger partial charge in [0.15, 0.2) is 0 Å². The van der Waals surface area contributed by atoms with Gasteiger partial charge in [-0.3, -0.25) is 19.4 Å². The summed E-state index contributed by atoms with van der Waals surface area (Å²) in [6.45, 7) is 1.11. The molecule has 0 unspecified atom stereocenters. The van der Waals surface area contributed by atoms with Gasteiger partial charge in [-0.2, -0.15) is 0 Å². The van der Waals surface area contributed by atoms with E-state index in [1.165, 1.54) is 0 Å². The quantitative estimate of drug-likeness (QED) is 0.476. The number of methoxy groups -OCH3 is 1. The zero-order valence-corrected chi connectivity index (χ0v) is 15.0. The molecule has 142 valence electrons. The van der Waals surface area contributed by atoms with Gasteiger partial charge in [-0.05, 0) is 30.7 Å². The van der Waals surface area contributed by atoms with Crippen molar-refractivity contribution < 1.29 is 19.1 Å². The highest BCUT2D eigenvalue weighted by molar-refractivity contribution is 6.40. The molecule has 0 radical (unpaired) electrons. The lowest BCUT2D eigenvalue weighted by Gasteiger charge is -2.11. The number of rotatable bonds is 8. The number of hydrogen-bond donors (Lipinski definition) is 3. The molecule has 2 rings (SSSR count). The van der Waals surface area contributed by atoms with Crippen LogP contribution in [-0.2, 0) is 20.9 Å². The molecule has 0 atom stereocenters. The van der Waals surface area contributed by atoms with Gasteiger partial charge < -0.3 is 20.7 Å². The minimum Gasteiger partial charge on any atom is -0.385 e. The van der Waals surface area contributed by atoms with Crippen LogP contribution < -0.4 is 16.0 Å². The zero-order valence-electron chi connectivity index (χ0n) is 15.0. The number of nitrogens with one attached hydrogen (secondary N) is 3. The lowest BCUT2D eigenvalue weighted by molar-refractivity contribution is -0.136. The first kappa shape index (κ1) is 20.1. The number of ether oxygens (including phenoxy) is 1. The minimum absolute atomic E-state index is 0.134. The van der Waals surface area contributed by atoms with Gasteiger partial charge in [0.25, 0.3) is 5.91 Å². The molecule has 27 heavy (non-hydrogen) atoms. The molecule has 8 heteroatoms. The Bertz CT molecular complexity index is 780. The van der Waals surface area contributed by atoms with E-state index in [2.05, 4.69) is 20.9 Å². The largest absolute Gasteiger partial charge is 0.385 e. The predicted octanol–water partition coefficient (Wildman–Crippen LogP) is 1.10. The van der Waals surface area contributed by atoms with E-state index in [0.717, 1.165) is 0 Å². The van der Waals surface area contributed by atoms with Crippen molar-refractivity contribution >= 4 is 23.4 Å². The third kappa shape index (κ3) is 6.52. The van der Waals surface area contributed by atoms with Crippen molar-refractivity contribution in [2.45, 2.75) is 13.0 Å². The molecule has 8 nitrogen and oxygen atoms in total. The van der Waals surface area contributed by atoms with Gasteiger partial charge in [0.1, 0.15) is 0 Å². The number of nitrogens with zero attached hydrogens (tertiary/aromatic N) is 1. The third-order valence-corrected chi connectivity index (χ3v) is 3.59. The number of amides is 3. The average Bonchev–Trinajstić information content (AvgIpc) is 2.70. The highest BCUT2D eigenvalue weighted by atomic mass is 16.5. The van der Waals surface area contributed by atoms with Gasteiger partial charge in [0.2, 0.25) is 0 Å². The molecule has 3 amide bonds. The Balaban J connectivity index is 1.92. The summed E-state index contributed by atoms with van der Waals surface area (Å²) in [5.41, 5.74) is 1.18. The average molecular weight is 370 g/mol. The van der Waals surface area contributed by atoms with Crippen molar-refractivity contribution in [3.05, 3.63) is 59.9 Å². The van der Waals surface area contributed by atoms with Crippen molar-refractivity contribution in [2.24, 2.45) is 0 Å². The number of carbonyl (C=O) groups is 3. The van der Waals surface area contributed by atoms with Crippen LogP contribution in [0, 0.1) is 0 Å². The second kappa shape index (κ2) is 10.7. The smallest absolute Gasteiger partial charge is 0.313 e. The van der Waals surface area contributed by atoms with Crippen molar-refractivity contribution in [3.63, 3.8) is 0 Å². The number of aromatic nitrogens is 1. The molecule has 0 spiro atoms. The van der Waals surface area contributed by atoms with Crippen LogP contribution in [0.1, 0.15) is 22.5 Å². The predicted molar refractivity (Wildman–Crippen MR) is 100.0 cm³/mol. The van der Waals surface area contributed by atoms with Crippen molar-refractivity contribution in [1.29, 1.82) is 0 Å². The summed E-state index contributed by atoms with van der Waals surface area (Å²) in [7, 11) is 1.59. The second-order valence-electron chi connectivity index (χ2n) is 5.61. The highest BCUT2D eigenvalue weighted by Crippen LogP contribution is 2.14. The SMILES string of the molecule is COCCCNC(=O)c1ccccc1NC(=O)C(=O)NCc1ccccn1. The maximum absolute atomic E-state index is 12.3. The van der Waals surface area contributed by atoms with Crippen LogP contribution in [0.25, 0.3) is 0 Å². The van der Waals surface area contributed by atoms with E-state index in [1.807, 2.05) is 0 Å². The Hall–Kier alpha value is -3.26. The van der Waals surface area contributed by atoms with Crippen LogP contribution in [0.3, 0.4) is 0 Å². The number of para-hydroxylation sites is 1. The first-order chi connectivity index (χ1) is 13.1. The maximum Gasteiger partial charge on any atom is 0.313 e. The van der Waals surface area contributed by atoms with Crippen LogP contribution in [0.2, 0.25) is 0 Å². The molecular formula is C19H22N4O4. The highest BCUT2D eigenvalue weighted by Gasteiger charge is 2.17. The summed E-state index contributed by atoms with van der Waals surface area (Å²) >= 11 is 0. The Morgan fingerprint density at radius 3 is 2.52 bits per heavy atom. The molecule has 0 aliphatic rings. The first-order valence-corrected chi connectivity index (χ1v) is 8.47. The number of benzene rings is 1. The molecule has 1 aromatic heterocycles. The van der Waals surface area contributed by atoms with E-state index in [4.69, 9.17) is 4.74 Å². The monoisotopic (exact) mass is 370 g/mol. The molecule has 1 aromatic carbocycles. The molecule has 2 aromatic rings. The Morgan fingerprint density at radius 1 is 1.00 bits per heavy atom. The fourth-order valence-electron chi connectivity index (χ4n) is 2.24. The molecule has 0 bridgehead atoms. The number of anilines is 1. The molecule has 0 saturated heterocycles. The molecular weight excluding hydrogens is 348 g/mol. The van der Waals surface area contributed by atoms with E-state index in [1.54, 1.807) is 55.8 Å². The van der Waals surface area contributed by atoms with E-state index in [-0.39, 0.29) is 23.7 Å². The van der Waals surface area contributed by atoms with Crippen molar-refractivity contribution in [1.82, 2.24) is 15.6 Å². The van der Waals surface area contributed by atoms with E-state index in [9.17, 15) is 14.4 Å². The van der Waals surface area contributed by atoms with Gasteiger partial charge in [-0.15, -0.1) is 0 Å². The molecule has 0 aliphatic heterocycles. The standard InChI is InChI=1S/C19H22N4O4/c1-27-12-6-11-21-17(24)15-8-2-3-9-16(15)23-19(26)18(25)22-13-14-7-4-5-10-20-14/h2-5,7-10H,6,11-13H2,1H3,(H,21,24)(H,22,25)(H,23,26). The summed E-state index contributed by atoms with van der Waals surface area (Å²) in [5, 5.41) is 7.70. The summed E-state index contributed by atoms with van der Waals surface area (Å²) in [6.07, 6.45) is 2.27. The van der Waals surface area contributed by atoms with E-state index < -0.39 is 11.8 Å². The summed E-state index contributed by atoms with van der Waals surface area (Å²) in [5.74, 6) is -2.00. The summed E-state index contributed by atoms with van der Waals surface area (Å²) in [4.78, 5) is 40.4. The summed E-state index contributed by atoms with van der Waals surface area (Å²) in [6, 6.07) is 11.8.